The SMILES string of the molecule is C=CCOC(=O)N1CCN(Cc2ccc(-c3ccc(C(C)(O)C(F)(F)F)cc3)cc2)CC1. The zero-order chi connectivity index (χ0) is 23.4. The fourth-order valence-electron chi connectivity index (χ4n) is 3.52. The summed E-state index contributed by atoms with van der Waals surface area (Å²) >= 11 is 0. The van der Waals surface area contributed by atoms with Gasteiger partial charge in [0.05, 0.1) is 0 Å². The predicted octanol–water partition coefficient (Wildman–Crippen LogP) is 4.56. The Bertz CT molecular complexity index is 917. The molecule has 1 saturated heterocycles. The van der Waals surface area contributed by atoms with Crippen LogP contribution in [0, 0.1) is 0 Å². The van der Waals surface area contributed by atoms with E-state index in [9.17, 15) is 23.1 Å². The van der Waals surface area contributed by atoms with Crippen LogP contribution < -0.4 is 0 Å². The van der Waals surface area contributed by atoms with Crippen molar-refractivity contribution in [3.05, 3.63) is 72.3 Å². The Morgan fingerprint density at radius 3 is 2.06 bits per heavy atom. The maximum atomic E-state index is 13.0. The highest BCUT2D eigenvalue weighted by Gasteiger charge is 2.51. The lowest BCUT2D eigenvalue weighted by atomic mass is 9.93. The summed E-state index contributed by atoms with van der Waals surface area (Å²) < 4.78 is 44.1. The first-order valence-electron chi connectivity index (χ1n) is 10.4. The number of rotatable bonds is 6. The van der Waals surface area contributed by atoms with E-state index in [1.807, 2.05) is 24.3 Å². The van der Waals surface area contributed by atoms with E-state index >= 15 is 0 Å². The van der Waals surface area contributed by atoms with Crippen molar-refractivity contribution in [1.29, 1.82) is 0 Å². The molecule has 0 spiro atoms. The van der Waals surface area contributed by atoms with Crippen LogP contribution in [0.15, 0.2) is 61.2 Å². The molecule has 0 radical (unpaired) electrons. The summed E-state index contributed by atoms with van der Waals surface area (Å²) in [5.74, 6) is 0. The van der Waals surface area contributed by atoms with E-state index in [1.54, 1.807) is 17.0 Å². The minimum absolute atomic E-state index is 0.196. The molecule has 1 unspecified atom stereocenters. The van der Waals surface area contributed by atoms with Gasteiger partial charge in [0.25, 0.3) is 0 Å². The summed E-state index contributed by atoms with van der Waals surface area (Å²) in [4.78, 5) is 15.8. The van der Waals surface area contributed by atoms with Gasteiger partial charge in [-0.2, -0.15) is 13.2 Å². The largest absolute Gasteiger partial charge is 0.445 e. The van der Waals surface area contributed by atoms with E-state index in [4.69, 9.17) is 4.74 Å². The van der Waals surface area contributed by atoms with Crippen molar-refractivity contribution in [2.45, 2.75) is 25.2 Å². The van der Waals surface area contributed by atoms with E-state index in [0.717, 1.165) is 43.2 Å². The minimum Gasteiger partial charge on any atom is -0.445 e. The second kappa shape index (κ2) is 9.75. The number of carbonyl (C=O) groups excluding carboxylic acids is 1. The molecular weight excluding hydrogens is 421 g/mol. The number of halogens is 3. The van der Waals surface area contributed by atoms with Crippen LogP contribution in [0.5, 0.6) is 0 Å². The number of hydrogen-bond donors (Lipinski definition) is 1. The van der Waals surface area contributed by atoms with E-state index < -0.39 is 11.8 Å². The molecule has 1 heterocycles. The monoisotopic (exact) mass is 448 g/mol. The van der Waals surface area contributed by atoms with Crippen LogP contribution >= 0.6 is 0 Å². The number of ether oxygens (including phenoxy) is 1. The molecule has 0 aliphatic carbocycles. The van der Waals surface area contributed by atoms with E-state index in [1.165, 1.54) is 18.2 Å². The number of piperazine rings is 1. The van der Waals surface area contributed by atoms with Crippen molar-refractivity contribution in [3.8, 4) is 11.1 Å². The Kier molecular flexibility index (Phi) is 7.26. The third kappa shape index (κ3) is 5.49. The Morgan fingerprint density at radius 2 is 1.56 bits per heavy atom. The smallest absolute Gasteiger partial charge is 0.421 e. The topological polar surface area (TPSA) is 53.0 Å². The lowest BCUT2D eigenvalue weighted by Crippen LogP contribution is -2.48. The summed E-state index contributed by atoms with van der Waals surface area (Å²) in [7, 11) is 0. The highest BCUT2D eigenvalue weighted by molar-refractivity contribution is 5.68. The second-order valence-electron chi connectivity index (χ2n) is 7.97. The van der Waals surface area contributed by atoms with Crippen LogP contribution in [0.4, 0.5) is 18.0 Å². The molecule has 0 saturated carbocycles. The van der Waals surface area contributed by atoms with Gasteiger partial charge in [-0.3, -0.25) is 4.90 Å². The van der Waals surface area contributed by atoms with Crippen LogP contribution in [-0.4, -0.2) is 60.0 Å². The Hall–Kier alpha value is -2.84. The molecule has 1 N–H and O–H groups in total. The highest BCUT2D eigenvalue weighted by Crippen LogP contribution is 2.38. The van der Waals surface area contributed by atoms with Crippen molar-refractivity contribution < 1.29 is 27.8 Å². The third-order valence-electron chi connectivity index (χ3n) is 5.65. The van der Waals surface area contributed by atoms with Crippen molar-refractivity contribution in [2.24, 2.45) is 0 Å². The number of amides is 1. The summed E-state index contributed by atoms with van der Waals surface area (Å²) in [6.45, 7) is 7.91. The molecule has 1 aliphatic rings. The molecule has 1 amide bonds. The molecule has 1 fully saturated rings. The van der Waals surface area contributed by atoms with Gasteiger partial charge in [-0.05, 0) is 29.2 Å². The van der Waals surface area contributed by atoms with Gasteiger partial charge in [0.1, 0.15) is 6.61 Å². The molecule has 2 aromatic rings. The quantitative estimate of drug-likeness (QED) is 0.658. The minimum atomic E-state index is -4.74. The van der Waals surface area contributed by atoms with Gasteiger partial charge in [-0.25, -0.2) is 4.79 Å². The standard InChI is InChI=1S/C24H27F3N2O3/c1-3-16-32-22(30)29-14-12-28(13-15-29)17-18-4-6-19(7-5-18)20-8-10-21(11-9-20)23(2,31)24(25,26)27/h3-11,31H,1,12-17H2,2H3. The number of carbonyl (C=O) groups is 1. The van der Waals surface area contributed by atoms with Crippen LogP contribution in [0.25, 0.3) is 11.1 Å². The Morgan fingerprint density at radius 1 is 1.03 bits per heavy atom. The molecule has 3 rings (SSSR count). The zero-order valence-electron chi connectivity index (χ0n) is 17.9. The van der Waals surface area contributed by atoms with Crippen LogP contribution in [0.3, 0.4) is 0 Å². The van der Waals surface area contributed by atoms with Gasteiger partial charge in [0, 0.05) is 32.7 Å². The van der Waals surface area contributed by atoms with Crippen molar-refractivity contribution in [2.75, 3.05) is 32.8 Å². The van der Waals surface area contributed by atoms with Gasteiger partial charge in [-0.15, -0.1) is 0 Å². The molecule has 0 bridgehead atoms. The van der Waals surface area contributed by atoms with Gasteiger partial charge < -0.3 is 14.7 Å². The molecule has 5 nitrogen and oxygen atoms in total. The molecule has 8 heteroatoms. The first-order chi connectivity index (χ1) is 15.1. The van der Waals surface area contributed by atoms with E-state index in [-0.39, 0.29) is 18.3 Å². The normalized spacial score (nSPS) is 17.0. The first kappa shape index (κ1) is 23.8. The number of aliphatic hydroxyl groups is 1. The predicted molar refractivity (Wildman–Crippen MR) is 116 cm³/mol. The molecule has 0 aromatic heterocycles. The van der Waals surface area contributed by atoms with E-state index in [0.29, 0.717) is 13.1 Å². The fraction of sp³-hybridized carbons (Fsp3) is 0.375. The summed E-state index contributed by atoms with van der Waals surface area (Å²) in [5.41, 5.74) is -0.334. The van der Waals surface area contributed by atoms with Crippen molar-refractivity contribution >= 4 is 6.09 Å². The molecule has 1 aliphatic heterocycles. The van der Waals surface area contributed by atoms with E-state index in [2.05, 4.69) is 11.5 Å². The second-order valence-corrected chi connectivity index (χ2v) is 7.97. The lowest BCUT2D eigenvalue weighted by molar-refractivity contribution is -0.258. The van der Waals surface area contributed by atoms with Gasteiger partial charge in [0.2, 0.25) is 0 Å². The summed E-state index contributed by atoms with van der Waals surface area (Å²) in [6, 6.07) is 13.6. The zero-order valence-corrected chi connectivity index (χ0v) is 17.9. The average Bonchev–Trinajstić information content (AvgIpc) is 2.78. The number of benzene rings is 2. The Labute approximate surface area is 185 Å². The molecular formula is C24H27F3N2O3. The van der Waals surface area contributed by atoms with Crippen molar-refractivity contribution in [3.63, 3.8) is 0 Å². The van der Waals surface area contributed by atoms with Crippen LogP contribution in [0.2, 0.25) is 0 Å². The third-order valence-corrected chi connectivity index (χ3v) is 5.65. The fourth-order valence-corrected chi connectivity index (χ4v) is 3.52. The molecule has 2 aromatic carbocycles. The number of nitrogens with zero attached hydrogens (tertiary/aromatic N) is 2. The number of hydrogen-bond acceptors (Lipinski definition) is 4. The maximum Gasteiger partial charge on any atom is 0.421 e. The Balaban J connectivity index is 1.57. The first-order valence-corrected chi connectivity index (χ1v) is 10.4. The summed E-state index contributed by atoms with van der Waals surface area (Å²) in [5, 5.41) is 9.80. The summed E-state index contributed by atoms with van der Waals surface area (Å²) in [6.07, 6.45) is -3.53. The average molecular weight is 448 g/mol. The molecule has 172 valence electrons. The van der Waals surface area contributed by atoms with Gasteiger partial charge >= 0.3 is 12.3 Å². The number of alkyl halides is 3. The lowest BCUT2D eigenvalue weighted by Gasteiger charge is -2.34. The molecule has 32 heavy (non-hydrogen) atoms. The van der Waals surface area contributed by atoms with Crippen molar-refractivity contribution in [1.82, 2.24) is 9.80 Å². The van der Waals surface area contributed by atoms with Gasteiger partial charge in [0.15, 0.2) is 5.60 Å². The van der Waals surface area contributed by atoms with Gasteiger partial charge in [-0.1, -0.05) is 61.2 Å². The molecule has 1 atom stereocenters. The van der Waals surface area contributed by atoms with Crippen LogP contribution in [0.1, 0.15) is 18.1 Å². The maximum absolute atomic E-state index is 13.0. The highest BCUT2D eigenvalue weighted by atomic mass is 19.4. The van der Waals surface area contributed by atoms with Crippen LogP contribution in [-0.2, 0) is 16.9 Å².